The van der Waals surface area contributed by atoms with Crippen molar-refractivity contribution in [3.8, 4) is 0 Å². The van der Waals surface area contributed by atoms with E-state index in [9.17, 15) is 4.79 Å². The lowest BCUT2D eigenvalue weighted by Gasteiger charge is -2.21. The van der Waals surface area contributed by atoms with Gasteiger partial charge in [-0.1, -0.05) is 31.5 Å². The molecule has 0 aliphatic heterocycles. The summed E-state index contributed by atoms with van der Waals surface area (Å²) in [5.74, 6) is -0.0831. The summed E-state index contributed by atoms with van der Waals surface area (Å²) in [6, 6.07) is 3.57. The predicted molar refractivity (Wildman–Crippen MR) is 71.2 cm³/mol. The number of carbonyl (C=O) groups is 1. The highest BCUT2D eigenvalue weighted by Gasteiger charge is 2.15. The van der Waals surface area contributed by atoms with Crippen LogP contribution in [-0.2, 0) is 16.1 Å². The first kappa shape index (κ1) is 14.9. The average Bonchev–Trinajstić information content (AvgIpc) is 2.37. The summed E-state index contributed by atoms with van der Waals surface area (Å²) in [7, 11) is 0. The highest BCUT2D eigenvalue weighted by molar-refractivity contribution is 6.30. The first-order valence-electron chi connectivity index (χ1n) is 6.21. The zero-order valence-electron chi connectivity index (χ0n) is 10.9. The molecule has 0 aliphatic rings. The first-order valence-corrected chi connectivity index (χ1v) is 6.59. The summed E-state index contributed by atoms with van der Waals surface area (Å²) in [5.41, 5.74) is 0.727. The summed E-state index contributed by atoms with van der Waals surface area (Å²) in [6.45, 7) is 5.16. The van der Waals surface area contributed by atoms with Crippen molar-refractivity contribution in [1.82, 2.24) is 10.0 Å². The molecule has 1 heterocycles. The number of hydroxylamine groups is 2. The third-order valence-electron chi connectivity index (χ3n) is 2.33. The second kappa shape index (κ2) is 8.06. The van der Waals surface area contributed by atoms with Gasteiger partial charge in [0.15, 0.2) is 0 Å². The Kier molecular flexibility index (Phi) is 6.68. The van der Waals surface area contributed by atoms with Gasteiger partial charge in [-0.15, -0.1) is 0 Å². The summed E-state index contributed by atoms with van der Waals surface area (Å²) < 4.78 is 0. The van der Waals surface area contributed by atoms with E-state index in [4.69, 9.17) is 16.4 Å². The minimum atomic E-state index is -0.0831. The Morgan fingerprint density at radius 3 is 2.83 bits per heavy atom. The topological polar surface area (TPSA) is 42.4 Å². The van der Waals surface area contributed by atoms with Crippen molar-refractivity contribution in [3.05, 3.63) is 29.0 Å². The van der Waals surface area contributed by atoms with E-state index in [2.05, 4.69) is 4.98 Å². The maximum Gasteiger partial charge on any atom is 0.250 e. The van der Waals surface area contributed by atoms with E-state index in [1.165, 1.54) is 5.06 Å². The molecular weight excluding hydrogens is 252 g/mol. The zero-order valence-corrected chi connectivity index (χ0v) is 11.6. The smallest absolute Gasteiger partial charge is 0.250 e. The van der Waals surface area contributed by atoms with E-state index in [0.717, 1.165) is 18.4 Å². The lowest BCUT2D eigenvalue weighted by molar-refractivity contribution is -0.186. The van der Waals surface area contributed by atoms with Crippen LogP contribution in [0.25, 0.3) is 0 Å². The summed E-state index contributed by atoms with van der Waals surface area (Å²) >= 11 is 5.93. The van der Waals surface area contributed by atoms with E-state index in [1.807, 2.05) is 13.8 Å². The Morgan fingerprint density at radius 1 is 1.44 bits per heavy atom. The minimum absolute atomic E-state index is 0.0831. The molecule has 1 aromatic rings. The lowest BCUT2D eigenvalue weighted by atomic mass is 10.2. The van der Waals surface area contributed by atoms with Crippen LogP contribution in [0.15, 0.2) is 18.3 Å². The van der Waals surface area contributed by atoms with Crippen LogP contribution in [-0.4, -0.2) is 29.1 Å². The van der Waals surface area contributed by atoms with Crippen molar-refractivity contribution in [2.24, 2.45) is 0 Å². The van der Waals surface area contributed by atoms with Gasteiger partial charge in [0.25, 0.3) is 5.91 Å². The van der Waals surface area contributed by atoms with E-state index in [-0.39, 0.29) is 12.3 Å². The number of pyridine rings is 1. The minimum Gasteiger partial charge on any atom is -0.272 e. The maximum absolute atomic E-state index is 12.1. The summed E-state index contributed by atoms with van der Waals surface area (Å²) in [6.07, 6.45) is 3.56. The number of amides is 1. The molecule has 0 saturated heterocycles. The van der Waals surface area contributed by atoms with Crippen LogP contribution in [0.2, 0.25) is 5.15 Å². The number of hydrogen-bond acceptors (Lipinski definition) is 3. The molecule has 100 valence electrons. The molecule has 5 heteroatoms. The molecule has 1 amide bonds. The van der Waals surface area contributed by atoms with Gasteiger partial charge < -0.3 is 0 Å². The maximum atomic E-state index is 12.1. The fraction of sp³-hybridized carbons (Fsp3) is 0.538. The molecule has 0 aromatic carbocycles. The standard InChI is InChI=1S/C13H19ClN2O2/c1-3-8-16(18-9-4-2)12(17)10-11-6-5-7-15-13(11)14/h5-7H,3-4,8-10H2,1-2H3. The number of aromatic nitrogens is 1. The van der Waals surface area contributed by atoms with Crippen LogP contribution >= 0.6 is 11.6 Å². The molecule has 0 fully saturated rings. The number of hydrogen-bond donors (Lipinski definition) is 0. The SMILES string of the molecule is CCCON(CCC)C(=O)Cc1cccnc1Cl. The zero-order chi connectivity index (χ0) is 13.4. The Bertz CT molecular complexity index is 385. The van der Waals surface area contributed by atoms with Crippen LogP contribution in [0, 0.1) is 0 Å². The monoisotopic (exact) mass is 270 g/mol. The Balaban J connectivity index is 2.63. The molecule has 18 heavy (non-hydrogen) atoms. The van der Waals surface area contributed by atoms with Gasteiger partial charge >= 0.3 is 0 Å². The normalized spacial score (nSPS) is 10.4. The van der Waals surface area contributed by atoms with E-state index in [0.29, 0.717) is 18.3 Å². The van der Waals surface area contributed by atoms with Gasteiger partial charge in [-0.3, -0.25) is 9.63 Å². The Morgan fingerprint density at radius 2 is 2.22 bits per heavy atom. The van der Waals surface area contributed by atoms with E-state index >= 15 is 0 Å². The van der Waals surface area contributed by atoms with Crippen molar-refractivity contribution < 1.29 is 9.63 Å². The third kappa shape index (κ3) is 4.63. The number of nitrogens with zero attached hydrogens (tertiary/aromatic N) is 2. The molecule has 0 unspecified atom stereocenters. The molecule has 4 nitrogen and oxygen atoms in total. The third-order valence-corrected chi connectivity index (χ3v) is 2.67. The second-order valence-electron chi connectivity index (χ2n) is 3.96. The summed E-state index contributed by atoms with van der Waals surface area (Å²) in [5, 5.41) is 1.80. The molecule has 0 atom stereocenters. The van der Waals surface area contributed by atoms with Crippen LogP contribution in [0.1, 0.15) is 32.3 Å². The van der Waals surface area contributed by atoms with Crippen molar-refractivity contribution in [3.63, 3.8) is 0 Å². The van der Waals surface area contributed by atoms with E-state index in [1.54, 1.807) is 18.3 Å². The quantitative estimate of drug-likeness (QED) is 0.565. The highest BCUT2D eigenvalue weighted by atomic mass is 35.5. The molecule has 0 N–H and O–H groups in total. The van der Waals surface area contributed by atoms with Crippen molar-refractivity contribution in [1.29, 1.82) is 0 Å². The van der Waals surface area contributed by atoms with Crippen LogP contribution in [0.3, 0.4) is 0 Å². The van der Waals surface area contributed by atoms with Crippen molar-refractivity contribution >= 4 is 17.5 Å². The van der Waals surface area contributed by atoms with E-state index < -0.39 is 0 Å². The van der Waals surface area contributed by atoms with Gasteiger partial charge in [-0.25, -0.2) is 10.0 Å². The number of carbonyl (C=O) groups excluding carboxylic acids is 1. The predicted octanol–water partition coefficient (Wildman–Crippen LogP) is 2.86. The highest BCUT2D eigenvalue weighted by Crippen LogP contribution is 2.13. The molecule has 0 spiro atoms. The van der Waals surface area contributed by atoms with Crippen LogP contribution in [0.4, 0.5) is 0 Å². The van der Waals surface area contributed by atoms with Crippen molar-refractivity contribution in [2.75, 3.05) is 13.2 Å². The fourth-order valence-electron chi connectivity index (χ4n) is 1.47. The fourth-order valence-corrected chi connectivity index (χ4v) is 1.65. The molecule has 0 aliphatic carbocycles. The van der Waals surface area contributed by atoms with Gasteiger partial charge in [0, 0.05) is 12.7 Å². The van der Waals surface area contributed by atoms with Crippen molar-refractivity contribution in [2.45, 2.75) is 33.1 Å². The number of rotatable bonds is 7. The number of halogens is 1. The molecule has 0 bridgehead atoms. The molecule has 1 aromatic heterocycles. The molecular formula is C13H19ClN2O2. The summed E-state index contributed by atoms with van der Waals surface area (Å²) in [4.78, 5) is 21.5. The second-order valence-corrected chi connectivity index (χ2v) is 4.32. The molecule has 0 saturated carbocycles. The van der Waals surface area contributed by atoms with Gasteiger partial charge in [0.2, 0.25) is 0 Å². The first-order chi connectivity index (χ1) is 8.69. The van der Waals surface area contributed by atoms with Gasteiger partial charge in [-0.05, 0) is 24.5 Å². The average molecular weight is 271 g/mol. The van der Waals surface area contributed by atoms with Gasteiger partial charge in [0.1, 0.15) is 5.15 Å². The van der Waals surface area contributed by atoms with Gasteiger partial charge in [-0.2, -0.15) is 0 Å². The van der Waals surface area contributed by atoms with Gasteiger partial charge in [0.05, 0.1) is 13.0 Å². The molecule has 0 radical (unpaired) electrons. The Labute approximate surface area is 113 Å². The lowest BCUT2D eigenvalue weighted by Crippen LogP contribution is -2.33. The van der Waals surface area contributed by atoms with Crippen LogP contribution in [0.5, 0.6) is 0 Å². The van der Waals surface area contributed by atoms with Crippen LogP contribution < -0.4 is 0 Å². The Hall–Kier alpha value is -1.13. The largest absolute Gasteiger partial charge is 0.272 e. The molecule has 1 rings (SSSR count).